The molecule has 294 valence electrons. The van der Waals surface area contributed by atoms with Crippen LogP contribution in [0.2, 0.25) is 0 Å². The molecule has 0 atom stereocenters. The summed E-state index contributed by atoms with van der Waals surface area (Å²) in [6.45, 7) is 9.90. The van der Waals surface area contributed by atoms with Crippen LogP contribution in [0.25, 0.3) is 0 Å². The van der Waals surface area contributed by atoms with Crippen LogP contribution in [-0.4, -0.2) is 113 Å². The van der Waals surface area contributed by atoms with Gasteiger partial charge in [0.1, 0.15) is 0 Å². The van der Waals surface area contributed by atoms with Crippen molar-refractivity contribution in [3.63, 3.8) is 0 Å². The van der Waals surface area contributed by atoms with Gasteiger partial charge in [-0.3, -0.25) is 9.59 Å². The van der Waals surface area contributed by atoms with E-state index in [-0.39, 0.29) is 11.1 Å². The van der Waals surface area contributed by atoms with Gasteiger partial charge in [0.2, 0.25) is 11.8 Å². The minimum atomic E-state index is -0.0954. The Morgan fingerprint density at radius 1 is 0.648 bits per heavy atom. The zero-order valence-corrected chi connectivity index (χ0v) is 36.6. The van der Waals surface area contributed by atoms with Crippen molar-refractivity contribution in [1.82, 2.24) is 19.5 Å². The summed E-state index contributed by atoms with van der Waals surface area (Å²) in [5, 5.41) is 0. The maximum absolute atomic E-state index is 11.5. The first-order valence-corrected chi connectivity index (χ1v) is 20.0. The zero-order valence-electron chi connectivity index (χ0n) is 30.2. The van der Waals surface area contributed by atoms with Crippen molar-refractivity contribution in [2.24, 2.45) is 7.05 Å². The number of hydrogen-bond donors (Lipinski definition) is 2. The molecule has 0 spiro atoms. The Bertz CT molecular complexity index is 1870. The highest BCUT2D eigenvalue weighted by atomic mass is 79.9. The van der Waals surface area contributed by atoms with E-state index in [9.17, 15) is 9.59 Å². The fourth-order valence-corrected chi connectivity index (χ4v) is 7.14. The summed E-state index contributed by atoms with van der Waals surface area (Å²) < 4.78 is 30.2. The number of nitrogens with zero attached hydrogens (tertiary/aromatic N) is 6. The molecule has 0 amide bonds. The van der Waals surface area contributed by atoms with Gasteiger partial charge in [-0.05, 0) is 88.0 Å². The first-order chi connectivity index (χ1) is 26.0. The van der Waals surface area contributed by atoms with Crippen LogP contribution >= 0.6 is 63.7 Å². The number of H-pyrrole nitrogens is 1. The van der Waals surface area contributed by atoms with Gasteiger partial charge in [-0.2, -0.15) is 0 Å². The number of aromatic nitrogens is 4. The van der Waals surface area contributed by atoms with Crippen LogP contribution < -0.4 is 41.0 Å². The van der Waals surface area contributed by atoms with Crippen LogP contribution in [0, 0.1) is 0 Å². The minimum Gasteiger partial charge on any atom is -0.480 e. The fourth-order valence-electron chi connectivity index (χ4n) is 5.25. The number of rotatable bonds is 5. The Morgan fingerprint density at radius 2 is 1.09 bits per heavy atom. The molecule has 4 aromatic rings. The molecule has 3 aliphatic rings. The summed E-state index contributed by atoms with van der Waals surface area (Å²) in [7, 11) is 4.93. The zero-order chi connectivity index (χ0) is 39.0. The lowest BCUT2D eigenvalue weighted by Gasteiger charge is -2.29. The minimum absolute atomic E-state index is 0.00740. The molecule has 19 heteroatoms. The number of nitrogens with two attached hydrogens (primary N) is 1. The first kappa shape index (κ1) is 43.5. The molecule has 0 saturated carbocycles. The highest BCUT2D eigenvalue weighted by Gasteiger charge is 2.15. The van der Waals surface area contributed by atoms with Crippen molar-refractivity contribution in [2.75, 3.05) is 114 Å². The third kappa shape index (κ3) is 13.2. The fraction of sp³-hybridized carbons (Fsp3) is 0.429. The maximum Gasteiger partial charge on any atom is 0.264 e. The largest absolute Gasteiger partial charge is 0.480 e. The second-order valence-electron chi connectivity index (χ2n) is 11.7. The molecule has 7 heterocycles. The topological polar surface area (TPSA) is 163 Å². The average Bonchev–Trinajstić information content (AvgIpc) is 3.19. The Kier molecular flexibility index (Phi) is 18.0. The van der Waals surface area contributed by atoms with E-state index in [1.165, 1.54) is 0 Å². The van der Waals surface area contributed by atoms with Crippen molar-refractivity contribution < 1.29 is 23.7 Å². The van der Waals surface area contributed by atoms with Crippen LogP contribution in [0.5, 0.6) is 11.8 Å². The summed E-state index contributed by atoms with van der Waals surface area (Å²) in [4.78, 5) is 40.0. The number of nitrogen functional groups attached to an aromatic ring is 1. The molecule has 0 unspecified atom stereocenters. The number of aromatic amines is 1. The second kappa shape index (κ2) is 22.4. The molecule has 3 saturated heterocycles. The molecule has 4 aromatic heterocycles. The van der Waals surface area contributed by atoms with E-state index in [0.29, 0.717) is 26.4 Å². The molecule has 54 heavy (non-hydrogen) atoms. The van der Waals surface area contributed by atoms with Gasteiger partial charge >= 0.3 is 0 Å². The number of nitrogens with one attached hydrogen (secondary N) is 1. The predicted octanol–water partition coefficient (Wildman–Crippen LogP) is 5.08. The molecule has 3 N–H and O–H groups in total. The van der Waals surface area contributed by atoms with E-state index in [1.807, 2.05) is 30.6 Å². The number of morpholine rings is 3. The number of methoxy groups -OCH3 is 2. The molecule has 0 radical (unpaired) electrons. The molecule has 3 aliphatic heterocycles. The molecule has 3 fully saturated rings. The van der Waals surface area contributed by atoms with Crippen molar-refractivity contribution in [3.8, 4) is 11.8 Å². The second-order valence-corrected chi connectivity index (χ2v) is 15.2. The van der Waals surface area contributed by atoms with Crippen LogP contribution in [0.15, 0.2) is 76.5 Å². The Hall–Kier alpha value is -3.20. The molecule has 15 nitrogen and oxygen atoms in total. The Balaban J connectivity index is 0.000000162. The number of aryl methyl sites for hydroxylation is 1. The Labute approximate surface area is 347 Å². The molecule has 0 aromatic carbocycles. The number of halogens is 4. The van der Waals surface area contributed by atoms with Crippen molar-refractivity contribution in [2.45, 2.75) is 0 Å². The lowest BCUT2D eigenvalue weighted by molar-refractivity contribution is 0.122. The number of hydrogen-bond acceptors (Lipinski definition) is 13. The van der Waals surface area contributed by atoms with Crippen molar-refractivity contribution in [1.29, 1.82) is 0 Å². The van der Waals surface area contributed by atoms with Gasteiger partial charge in [0.25, 0.3) is 11.1 Å². The molecular formula is C35H44Br4N8O7. The first-order valence-electron chi connectivity index (χ1n) is 16.9. The van der Waals surface area contributed by atoms with Gasteiger partial charge in [-0.25, -0.2) is 9.97 Å². The summed E-state index contributed by atoms with van der Waals surface area (Å²) in [5.41, 5.74) is 9.14. The third-order valence-electron chi connectivity index (χ3n) is 8.10. The molecule has 7 rings (SSSR count). The molecular weight excluding hydrogens is 964 g/mol. The molecule has 0 bridgehead atoms. The third-order valence-corrected chi connectivity index (χ3v) is 10.4. The van der Waals surface area contributed by atoms with Crippen LogP contribution in [0.3, 0.4) is 0 Å². The number of anilines is 4. The SMILES string of the molecule is COc1ncc(N)cc1Br.COc1ncc(N2CCOCC2)cc1Br.Cn1cc(N2CCOCC2)cc(Br)c1=O.O=c1[nH]cc(N2CCOCC2)cc1Br. The summed E-state index contributed by atoms with van der Waals surface area (Å²) in [5.74, 6) is 1.17. The van der Waals surface area contributed by atoms with Gasteiger partial charge < -0.3 is 53.7 Å². The van der Waals surface area contributed by atoms with Crippen LogP contribution in [0.4, 0.5) is 22.7 Å². The van der Waals surface area contributed by atoms with Crippen LogP contribution in [-0.2, 0) is 21.3 Å². The van der Waals surface area contributed by atoms with Gasteiger partial charge in [-0.15, -0.1) is 0 Å². The quantitative estimate of drug-likeness (QED) is 0.273. The maximum atomic E-state index is 11.5. The van der Waals surface area contributed by atoms with E-state index in [4.69, 9.17) is 29.4 Å². The summed E-state index contributed by atoms with van der Waals surface area (Å²) in [6, 6.07) is 7.47. The predicted molar refractivity (Wildman–Crippen MR) is 225 cm³/mol. The average molecular weight is 1010 g/mol. The highest BCUT2D eigenvalue weighted by Crippen LogP contribution is 2.27. The number of pyridine rings is 4. The summed E-state index contributed by atoms with van der Waals surface area (Å²) in [6.07, 6.45) is 6.97. The van der Waals surface area contributed by atoms with Gasteiger partial charge in [-0.1, -0.05) is 0 Å². The van der Waals surface area contributed by atoms with E-state index in [2.05, 4.69) is 93.4 Å². The Morgan fingerprint density at radius 3 is 1.56 bits per heavy atom. The highest BCUT2D eigenvalue weighted by molar-refractivity contribution is 9.11. The smallest absolute Gasteiger partial charge is 0.264 e. The summed E-state index contributed by atoms with van der Waals surface area (Å²) >= 11 is 13.2. The van der Waals surface area contributed by atoms with E-state index < -0.39 is 0 Å². The normalized spacial score (nSPS) is 15.4. The molecule has 0 aliphatic carbocycles. The van der Waals surface area contributed by atoms with Crippen molar-refractivity contribution in [3.05, 3.63) is 87.7 Å². The van der Waals surface area contributed by atoms with Crippen LogP contribution in [0.1, 0.15) is 0 Å². The lowest BCUT2D eigenvalue weighted by Crippen LogP contribution is -2.37. The monoisotopic (exact) mass is 1000 g/mol. The van der Waals surface area contributed by atoms with Gasteiger partial charge in [0.15, 0.2) is 0 Å². The van der Waals surface area contributed by atoms with E-state index in [0.717, 1.165) is 105 Å². The van der Waals surface area contributed by atoms with Crippen molar-refractivity contribution >= 4 is 86.5 Å². The number of ether oxygens (including phenoxy) is 5. The lowest BCUT2D eigenvalue weighted by atomic mass is 10.3. The van der Waals surface area contributed by atoms with Gasteiger partial charge in [0.05, 0.1) is 107 Å². The van der Waals surface area contributed by atoms with E-state index >= 15 is 0 Å². The van der Waals surface area contributed by atoms with Gasteiger partial charge in [0, 0.05) is 58.7 Å². The van der Waals surface area contributed by atoms with E-state index in [1.54, 1.807) is 44.3 Å². The standard InChI is InChI=1S/2C10H13BrN2O2.C9H11BrN2O2.C6H7BrN2O/c1-14-10-9(11)6-8(7-12-10)13-2-4-15-5-3-13;1-12-7-8(6-9(11)10(12)14)13-2-4-15-5-3-13;10-8-5-7(6-11-9(8)13)12-1-3-14-4-2-12;1-10-6-5(7)2-4(8)3-9-6/h2*6-7H,2-5H2,1H3;5-6H,1-4H2,(H,11,13);2-3H,8H2,1H3.